The van der Waals surface area contributed by atoms with Crippen LogP contribution in [-0.2, 0) is 4.79 Å². The predicted molar refractivity (Wildman–Crippen MR) is 76.5 cm³/mol. The first kappa shape index (κ1) is 13.9. The predicted octanol–water partition coefficient (Wildman–Crippen LogP) is 2.06. The molecule has 1 heterocycles. The van der Waals surface area contributed by atoms with Crippen molar-refractivity contribution in [3.05, 3.63) is 30.3 Å². The molecule has 2 rings (SSSR count). The molecule has 0 spiro atoms. The molecule has 1 fully saturated rings. The first-order valence-electron chi connectivity index (χ1n) is 6.81. The maximum atomic E-state index is 11.1. The molecule has 0 aromatic heterocycles. The van der Waals surface area contributed by atoms with Crippen LogP contribution in [0.15, 0.2) is 30.3 Å². The Morgan fingerprint density at radius 2 is 2.11 bits per heavy atom. The lowest BCUT2D eigenvalue weighted by atomic mass is 9.97. The number of hydrogen-bond donors (Lipinski definition) is 1. The fourth-order valence-electron chi connectivity index (χ4n) is 2.74. The lowest BCUT2D eigenvalue weighted by molar-refractivity contribution is -0.135. The van der Waals surface area contributed by atoms with Gasteiger partial charge in [-0.05, 0) is 38.9 Å². The average molecular weight is 262 g/mol. The molecule has 0 bridgehead atoms. The van der Waals surface area contributed by atoms with Crippen LogP contribution < -0.4 is 4.90 Å². The largest absolute Gasteiger partial charge is 0.480 e. The van der Waals surface area contributed by atoms with Crippen molar-refractivity contribution in [2.45, 2.75) is 31.8 Å². The summed E-state index contributed by atoms with van der Waals surface area (Å²) >= 11 is 0. The Labute approximate surface area is 114 Å². The normalized spacial score (nSPS) is 24.1. The Hall–Kier alpha value is -1.55. The summed E-state index contributed by atoms with van der Waals surface area (Å²) < 4.78 is 0. The van der Waals surface area contributed by atoms with Crippen LogP contribution in [0.3, 0.4) is 0 Å². The van der Waals surface area contributed by atoms with Crippen LogP contribution in [0, 0.1) is 0 Å². The minimum atomic E-state index is -0.768. The van der Waals surface area contributed by atoms with Crippen molar-refractivity contribution in [3.63, 3.8) is 0 Å². The van der Waals surface area contributed by atoms with Crippen LogP contribution in [0.4, 0.5) is 5.69 Å². The number of hydrogen-bond acceptors (Lipinski definition) is 3. The SMILES string of the molecule is CC1CC(N(CC(=O)O)c2ccccc2)CCN1C. The van der Waals surface area contributed by atoms with Crippen molar-refractivity contribution in [1.29, 1.82) is 0 Å². The van der Waals surface area contributed by atoms with Crippen molar-refractivity contribution in [1.82, 2.24) is 4.90 Å². The van der Waals surface area contributed by atoms with Gasteiger partial charge >= 0.3 is 5.97 Å². The molecule has 0 saturated carbocycles. The van der Waals surface area contributed by atoms with Gasteiger partial charge in [-0.3, -0.25) is 4.79 Å². The number of nitrogens with zero attached hydrogens (tertiary/aromatic N) is 2. The molecule has 1 aromatic carbocycles. The van der Waals surface area contributed by atoms with Crippen LogP contribution in [-0.4, -0.2) is 48.2 Å². The molecule has 0 radical (unpaired) electrons. The zero-order valence-corrected chi connectivity index (χ0v) is 11.6. The summed E-state index contributed by atoms with van der Waals surface area (Å²) in [5.74, 6) is -0.768. The van der Waals surface area contributed by atoms with Gasteiger partial charge in [0.1, 0.15) is 6.54 Å². The third-order valence-electron chi connectivity index (χ3n) is 4.01. The van der Waals surface area contributed by atoms with Gasteiger partial charge in [-0.2, -0.15) is 0 Å². The van der Waals surface area contributed by atoms with Gasteiger partial charge in [0.15, 0.2) is 0 Å². The van der Waals surface area contributed by atoms with E-state index in [0.717, 1.165) is 25.1 Å². The fraction of sp³-hybridized carbons (Fsp3) is 0.533. The first-order chi connectivity index (χ1) is 9.08. The molecule has 1 aliphatic rings. The molecule has 0 amide bonds. The number of aliphatic carboxylic acids is 1. The minimum Gasteiger partial charge on any atom is -0.480 e. The van der Waals surface area contributed by atoms with Crippen molar-refractivity contribution in [2.24, 2.45) is 0 Å². The summed E-state index contributed by atoms with van der Waals surface area (Å²) in [7, 11) is 2.13. The lowest BCUT2D eigenvalue weighted by Crippen LogP contribution is -2.49. The van der Waals surface area contributed by atoms with Crippen LogP contribution >= 0.6 is 0 Å². The number of benzene rings is 1. The number of likely N-dealkylation sites (tertiary alicyclic amines) is 1. The summed E-state index contributed by atoms with van der Waals surface area (Å²) in [6.07, 6.45) is 2.03. The van der Waals surface area contributed by atoms with Gasteiger partial charge in [-0.15, -0.1) is 0 Å². The summed E-state index contributed by atoms with van der Waals surface area (Å²) in [5, 5.41) is 9.14. The van der Waals surface area contributed by atoms with Crippen LogP contribution in [0.2, 0.25) is 0 Å². The molecule has 2 atom stereocenters. The van der Waals surface area contributed by atoms with E-state index in [9.17, 15) is 4.79 Å². The molecule has 1 saturated heterocycles. The quantitative estimate of drug-likeness (QED) is 0.902. The van der Waals surface area contributed by atoms with Crippen molar-refractivity contribution in [2.75, 3.05) is 25.0 Å². The smallest absolute Gasteiger partial charge is 0.323 e. The maximum Gasteiger partial charge on any atom is 0.323 e. The van der Waals surface area contributed by atoms with Gasteiger partial charge in [0, 0.05) is 24.3 Å². The van der Waals surface area contributed by atoms with Crippen molar-refractivity contribution >= 4 is 11.7 Å². The highest BCUT2D eigenvalue weighted by molar-refractivity contribution is 5.74. The fourth-order valence-corrected chi connectivity index (χ4v) is 2.74. The molecule has 1 aliphatic heterocycles. The van der Waals surface area contributed by atoms with Crippen molar-refractivity contribution < 1.29 is 9.90 Å². The van der Waals surface area contributed by atoms with Crippen LogP contribution in [0.25, 0.3) is 0 Å². The number of anilines is 1. The van der Waals surface area contributed by atoms with Gasteiger partial charge in [0.2, 0.25) is 0 Å². The first-order valence-corrected chi connectivity index (χ1v) is 6.81. The monoisotopic (exact) mass is 262 g/mol. The molecule has 4 nitrogen and oxygen atoms in total. The van der Waals surface area contributed by atoms with E-state index in [4.69, 9.17) is 5.11 Å². The second kappa shape index (κ2) is 6.06. The van der Waals surface area contributed by atoms with Crippen molar-refractivity contribution in [3.8, 4) is 0 Å². The van der Waals surface area contributed by atoms with Gasteiger partial charge in [0.25, 0.3) is 0 Å². The highest BCUT2D eigenvalue weighted by Crippen LogP contribution is 2.25. The third-order valence-corrected chi connectivity index (χ3v) is 4.01. The minimum absolute atomic E-state index is 0.0745. The molecule has 1 N–H and O–H groups in total. The highest BCUT2D eigenvalue weighted by atomic mass is 16.4. The second-order valence-electron chi connectivity index (χ2n) is 5.37. The number of carbonyl (C=O) groups is 1. The van der Waals surface area contributed by atoms with E-state index in [2.05, 4.69) is 18.9 Å². The van der Waals surface area contributed by atoms with Crippen LogP contribution in [0.5, 0.6) is 0 Å². The van der Waals surface area contributed by atoms with Gasteiger partial charge in [-0.1, -0.05) is 18.2 Å². The Morgan fingerprint density at radius 3 is 2.68 bits per heavy atom. The third kappa shape index (κ3) is 3.47. The van der Waals surface area contributed by atoms with E-state index in [1.807, 2.05) is 35.2 Å². The highest BCUT2D eigenvalue weighted by Gasteiger charge is 2.28. The summed E-state index contributed by atoms with van der Waals surface area (Å²) in [4.78, 5) is 15.5. The number of para-hydroxylation sites is 1. The summed E-state index contributed by atoms with van der Waals surface area (Å²) in [6, 6.07) is 10.7. The molecule has 2 unspecified atom stereocenters. The molecule has 4 heteroatoms. The molecular formula is C15H22N2O2. The Bertz CT molecular complexity index is 421. The van der Waals surface area contributed by atoms with Gasteiger partial charge in [-0.25, -0.2) is 0 Å². The van der Waals surface area contributed by atoms with E-state index in [1.54, 1.807) is 0 Å². The average Bonchev–Trinajstić information content (AvgIpc) is 2.40. The summed E-state index contributed by atoms with van der Waals surface area (Å²) in [6.45, 7) is 3.30. The van der Waals surface area contributed by atoms with E-state index >= 15 is 0 Å². The Balaban J connectivity index is 2.16. The van der Waals surface area contributed by atoms with Crippen LogP contribution in [0.1, 0.15) is 19.8 Å². The maximum absolute atomic E-state index is 11.1. The second-order valence-corrected chi connectivity index (χ2v) is 5.37. The molecule has 1 aromatic rings. The standard InChI is InChI=1S/C15H22N2O2/c1-12-10-14(8-9-16(12)2)17(11-15(18)19)13-6-4-3-5-7-13/h3-7,12,14H,8-11H2,1-2H3,(H,18,19). The molecular weight excluding hydrogens is 240 g/mol. The molecule has 0 aliphatic carbocycles. The van der Waals surface area contributed by atoms with E-state index in [0.29, 0.717) is 12.1 Å². The zero-order chi connectivity index (χ0) is 13.8. The lowest BCUT2D eigenvalue weighted by Gasteiger charge is -2.41. The van der Waals surface area contributed by atoms with Gasteiger partial charge in [0.05, 0.1) is 0 Å². The number of carboxylic acids is 1. The van der Waals surface area contributed by atoms with E-state index < -0.39 is 5.97 Å². The zero-order valence-electron chi connectivity index (χ0n) is 11.6. The van der Waals surface area contributed by atoms with Gasteiger partial charge < -0.3 is 14.9 Å². The van der Waals surface area contributed by atoms with E-state index in [-0.39, 0.29) is 6.54 Å². The Kier molecular flexibility index (Phi) is 4.43. The van der Waals surface area contributed by atoms with E-state index in [1.165, 1.54) is 0 Å². The number of rotatable bonds is 4. The summed E-state index contributed by atoms with van der Waals surface area (Å²) in [5.41, 5.74) is 1.01. The topological polar surface area (TPSA) is 43.8 Å². The molecule has 19 heavy (non-hydrogen) atoms. The molecule has 104 valence electrons. The Morgan fingerprint density at radius 1 is 1.42 bits per heavy atom. The number of carboxylic acid groups (broad SMARTS) is 1. The number of piperidine rings is 1.